The molecule has 10 nitrogen and oxygen atoms in total. The van der Waals surface area contributed by atoms with Gasteiger partial charge in [0.1, 0.15) is 24.1 Å². The highest BCUT2D eigenvalue weighted by atomic mass is 16.7. The van der Waals surface area contributed by atoms with E-state index in [0.29, 0.717) is 13.0 Å². The van der Waals surface area contributed by atoms with Gasteiger partial charge in [-0.1, -0.05) is 19.1 Å². The number of esters is 1. The average molecular weight is 441 g/mol. The Morgan fingerprint density at radius 3 is 2.35 bits per heavy atom. The van der Waals surface area contributed by atoms with Gasteiger partial charge < -0.3 is 39.9 Å². The lowest BCUT2D eigenvalue weighted by molar-refractivity contribution is -0.286. The molecular formula is C21H31NO9. The highest BCUT2D eigenvalue weighted by molar-refractivity contribution is 5.73. The van der Waals surface area contributed by atoms with Crippen LogP contribution in [0.3, 0.4) is 0 Å². The Morgan fingerprint density at radius 1 is 1.13 bits per heavy atom. The van der Waals surface area contributed by atoms with Crippen molar-refractivity contribution >= 4 is 11.9 Å². The molecule has 1 saturated heterocycles. The van der Waals surface area contributed by atoms with Crippen LogP contribution < -0.4 is 0 Å². The molecule has 0 radical (unpaired) electrons. The van der Waals surface area contributed by atoms with Crippen molar-refractivity contribution in [1.82, 2.24) is 4.90 Å². The molecule has 0 saturated carbocycles. The summed E-state index contributed by atoms with van der Waals surface area (Å²) in [7, 11) is 0. The molecule has 0 bridgehead atoms. The minimum atomic E-state index is -1.84. The van der Waals surface area contributed by atoms with Crippen LogP contribution in [0.5, 0.6) is 5.75 Å². The first-order chi connectivity index (χ1) is 14.6. The number of ether oxygens (including phenoxy) is 2. The molecule has 0 aliphatic carbocycles. The van der Waals surface area contributed by atoms with Gasteiger partial charge >= 0.3 is 11.9 Å². The SMILES string of the molecule is CCN(CCCC(=O)O[C@@H]1O[C@H](C(=O)O)[C@@H](O)[C@H](O)[C@H]1O)C(C)Cc1ccc(O)cc1. The van der Waals surface area contributed by atoms with E-state index in [-0.39, 0.29) is 18.2 Å². The first-order valence-corrected chi connectivity index (χ1v) is 10.3. The summed E-state index contributed by atoms with van der Waals surface area (Å²) in [5.41, 5.74) is 1.08. The lowest BCUT2D eigenvalue weighted by Gasteiger charge is -2.38. The zero-order valence-electron chi connectivity index (χ0n) is 17.6. The van der Waals surface area contributed by atoms with Crippen molar-refractivity contribution < 1.29 is 44.6 Å². The van der Waals surface area contributed by atoms with Crippen LogP contribution in [-0.2, 0) is 25.5 Å². The number of hydrogen-bond donors (Lipinski definition) is 5. The highest BCUT2D eigenvalue weighted by Gasteiger charge is 2.48. The minimum absolute atomic E-state index is 0.00535. The average Bonchev–Trinajstić information content (AvgIpc) is 2.72. The monoisotopic (exact) mass is 441 g/mol. The van der Waals surface area contributed by atoms with E-state index in [9.17, 15) is 30.0 Å². The molecule has 31 heavy (non-hydrogen) atoms. The fraction of sp³-hybridized carbons (Fsp3) is 0.619. The fourth-order valence-electron chi connectivity index (χ4n) is 3.56. The smallest absolute Gasteiger partial charge is 0.335 e. The number of carboxylic acids is 1. The summed E-state index contributed by atoms with van der Waals surface area (Å²) < 4.78 is 9.94. The number of benzene rings is 1. The summed E-state index contributed by atoms with van der Waals surface area (Å²) >= 11 is 0. The van der Waals surface area contributed by atoms with Gasteiger partial charge in [0.25, 0.3) is 0 Å². The topological polar surface area (TPSA) is 157 Å². The van der Waals surface area contributed by atoms with Gasteiger partial charge in [-0.3, -0.25) is 4.79 Å². The van der Waals surface area contributed by atoms with Gasteiger partial charge in [-0.05, 0) is 50.6 Å². The molecular weight excluding hydrogens is 410 g/mol. The summed E-state index contributed by atoms with van der Waals surface area (Å²) in [6.07, 6.45) is -7.66. The zero-order valence-corrected chi connectivity index (χ0v) is 17.6. The number of hydrogen-bond acceptors (Lipinski definition) is 9. The van der Waals surface area contributed by atoms with Crippen molar-refractivity contribution in [1.29, 1.82) is 0 Å². The maximum atomic E-state index is 12.1. The number of aliphatic hydroxyl groups excluding tert-OH is 3. The van der Waals surface area contributed by atoms with Crippen LogP contribution in [0.2, 0.25) is 0 Å². The highest BCUT2D eigenvalue weighted by Crippen LogP contribution is 2.23. The molecule has 1 aromatic rings. The number of carbonyl (C=O) groups is 2. The molecule has 10 heteroatoms. The van der Waals surface area contributed by atoms with Gasteiger partial charge in [-0.2, -0.15) is 0 Å². The molecule has 6 atom stereocenters. The zero-order chi connectivity index (χ0) is 23.1. The number of phenols is 1. The number of phenolic OH excluding ortho intramolecular Hbond substituents is 1. The van der Waals surface area contributed by atoms with Gasteiger partial charge in [0.2, 0.25) is 6.29 Å². The van der Waals surface area contributed by atoms with Crippen LogP contribution in [0.25, 0.3) is 0 Å². The third-order valence-electron chi connectivity index (χ3n) is 5.38. The summed E-state index contributed by atoms with van der Waals surface area (Å²) in [5, 5.41) is 47.8. The summed E-state index contributed by atoms with van der Waals surface area (Å²) in [5.74, 6) is -2.04. The van der Waals surface area contributed by atoms with Crippen LogP contribution >= 0.6 is 0 Å². The third kappa shape index (κ3) is 6.88. The number of nitrogens with zero attached hydrogens (tertiary/aromatic N) is 1. The van der Waals surface area contributed by atoms with Gasteiger partial charge in [0, 0.05) is 12.5 Å². The van der Waals surface area contributed by atoms with E-state index in [0.717, 1.165) is 18.5 Å². The van der Waals surface area contributed by atoms with Crippen molar-refractivity contribution in [2.24, 2.45) is 0 Å². The van der Waals surface area contributed by atoms with Crippen LogP contribution in [0, 0.1) is 0 Å². The Hall–Kier alpha value is -2.24. The predicted octanol–water partition coefficient (Wildman–Crippen LogP) is -0.139. The van der Waals surface area contributed by atoms with Crippen LogP contribution in [0.15, 0.2) is 24.3 Å². The van der Waals surface area contributed by atoms with Crippen LogP contribution in [-0.4, -0.2) is 92.2 Å². The van der Waals surface area contributed by atoms with Crippen LogP contribution in [0.4, 0.5) is 0 Å². The van der Waals surface area contributed by atoms with Crippen molar-refractivity contribution in [2.75, 3.05) is 13.1 Å². The number of carbonyl (C=O) groups excluding carboxylic acids is 1. The van der Waals surface area contributed by atoms with Gasteiger partial charge in [0.15, 0.2) is 6.10 Å². The molecule has 1 unspecified atom stereocenters. The van der Waals surface area contributed by atoms with Crippen molar-refractivity contribution in [3.8, 4) is 5.75 Å². The molecule has 5 N–H and O–H groups in total. The van der Waals surface area contributed by atoms with E-state index in [4.69, 9.17) is 14.6 Å². The lowest BCUT2D eigenvalue weighted by Crippen LogP contribution is -2.60. The second-order valence-electron chi connectivity index (χ2n) is 7.68. The molecule has 2 rings (SSSR count). The standard InChI is InChI=1S/C21H31NO9/c1-3-22(12(2)11-13-6-8-14(23)9-7-13)10-4-5-15(24)30-21-18(27)16(25)17(26)19(31-21)20(28)29/h6-9,12,16-19,21,23,25-27H,3-5,10-11H2,1-2H3,(H,28,29)/t12?,16-,17-,18+,19-,21+/m0/s1. The van der Waals surface area contributed by atoms with Crippen LogP contribution in [0.1, 0.15) is 32.3 Å². The molecule has 1 aliphatic heterocycles. The van der Waals surface area contributed by atoms with E-state index >= 15 is 0 Å². The van der Waals surface area contributed by atoms with Gasteiger partial charge in [0.05, 0.1) is 0 Å². The number of likely N-dealkylation sites (N-methyl/N-ethyl adjacent to an activating group) is 1. The Kier molecular flexibility index (Phi) is 9.20. The molecule has 0 spiro atoms. The maximum Gasteiger partial charge on any atom is 0.335 e. The number of rotatable bonds is 10. The number of carboxylic acid groups (broad SMARTS) is 1. The predicted molar refractivity (Wildman–Crippen MR) is 108 cm³/mol. The maximum absolute atomic E-state index is 12.1. The largest absolute Gasteiger partial charge is 0.508 e. The Bertz CT molecular complexity index is 726. The van der Waals surface area contributed by atoms with Gasteiger partial charge in [-0.15, -0.1) is 0 Å². The molecule has 1 aromatic carbocycles. The normalized spacial score (nSPS) is 27.1. The van der Waals surface area contributed by atoms with E-state index in [1.165, 1.54) is 0 Å². The Morgan fingerprint density at radius 2 is 1.77 bits per heavy atom. The van der Waals surface area contributed by atoms with Crippen molar-refractivity contribution in [3.05, 3.63) is 29.8 Å². The van der Waals surface area contributed by atoms with E-state index in [2.05, 4.69) is 11.8 Å². The molecule has 1 aliphatic rings. The van der Waals surface area contributed by atoms with Crippen molar-refractivity contribution in [3.63, 3.8) is 0 Å². The van der Waals surface area contributed by atoms with Gasteiger partial charge in [-0.25, -0.2) is 4.79 Å². The second kappa shape index (κ2) is 11.4. The molecule has 0 aromatic heterocycles. The summed E-state index contributed by atoms with van der Waals surface area (Å²) in [4.78, 5) is 25.4. The molecule has 0 amide bonds. The van der Waals surface area contributed by atoms with Crippen molar-refractivity contribution in [2.45, 2.75) is 69.9 Å². The fourth-order valence-corrected chi connectivity index (χ4v) is 3.56. The quantitative estimate of drug-likeness (QED) is 0.310. The third-order valence-corrected chi connectivity index (χ3v) is 5.38. The number of aliphatic hydroxyl groups is 3. The second-order valence-corrected chi connectivity index (χ2v) is 7.68. The van der Waals surface area contributed by atoms with E-state index in [1.807, 2.05) is 19.1 Å². The molecule has 1 heterocycles. The van der Waals surface area contributed by atoms with E-state index < -0.39 is 42.6 Å². The summed E-state index contributed by atoms with van der Waals surface area (Å²) in [6, 6.07) is 7.20. The lowest BCUT2D eigenvalue weighted by atomic mass is 9.99. The van der Waals surface area contributed by atoms with E-state index in [1.54, 1.807) is 12.1 Å². The Labute approximate surface area is 180 Å². The first kappa shape index (κ1) is 25.0. The number of aliphatic carboxylic acids is 1. The molecule has 1 fully saturated rings. The minimum Gasteiger partial charge on any atom is -0.508 e. The Balaban J connectivity index is 1.81. The number of aromatic hydroxyl groups is 1. The molecule has 174 valence electrons. The first-order valence-electron chi connectivity index (χ1n) is 10.3. The summed E-state index contributed by atoms with van der Waals surface area (Å²) in [6.45, 7) is 5.46.